The van der Waals surface area contributed by atoms with Gasteiger partial charge in [0.15, 0.2) is 0 Å². The van der Waals surface area contributed by atoms with E-state index >= 15 is 4.39 Å². The fourth-order valence-electron chi connectivity index (χ4n) is 3.83. The molecule has 3 heterocycles. The summed E-state index contributed by atoms with van der Waals surface area (Å²) >= 11 is 0. The number of rotatable bonds is 4. The van der Waals surface area contributed by atoms with E-state index in [1.54, 1.807) is 12.1 Å². The SMILES string of the molecule is NS(=O)(=O)N1CCCCC1c1ccc(F)c(C(=O)c2c[nH]c3ncccc23)c1F. The second-order valence-electron chi connectivity index (χ2n) is 6.92. The van der Waals surface area contributed by atoms with Crippen LogP contribution < -0.4 is 5.14 Å². The molecule has 1 unspecified atom stereocenters. The fourth-order valence-corrected chi connectivity index (χ4v) is 4.79. The van der Waals surface area contributed by atoms with Crippen LogP contribution in [0.25, 0.3) is 11.0 Å². The molecular formula is C19H18F2N4O3S. The number of nitrogens with one attached hydrogen (secondary N) is 1. The smallest absolute Gasteiger partial charge is 0.277 e. The fraction of sp³-hybridized carbons (Fsp3) is 0.263. The average Bonchev–Trinajstić information content (AvgIpc) is 3.11. The van der Waals surface area contributed by atoms with Gasteiger partial charge in [0.2, 0.25) is 5.78 Å². The first-order valence-electron chi connectivity index (χ1n) is 9.03. The van der Waals surface area contributed by atoms with Crippen molar-refractivity contribution >= 4 is 27.0 Å². The molecular weight excluding hydrogens is 402 g/mol. The number of carbonyl (C=O) groups excluding carboxylic acids is 1. The second kappa shape index (κ2) is 7.29. The summed E-state index contributed by atoms with van der Waals surface area (Å²) in [6.07, 6.45) is 4.45. The van der Waals surface area contributed by atoms with Gasteiger partial charge in [-0.25, -0.2) is 18.9 Å². The van der Waals surface area contributed by atoms with Crippen LogP contribution in [0.4, 0.5) is 8.78 Å². The number of aromatic nitrogens is 2. The lowest BCUT2D eigenvalue weighted by molar-refractivity contribution is 0.103. The lowest BCUT2D eigenvalue weighted by atomic mass is 9.93. The monoisotopic (exact) mass is 420 g/mol. The highest BCUT2D eigenvalue weighted by molar-refractivity contribution is 7.86. The van der Waals surface area contributed by atoms with Crippen LogP contribution >= 0.6 is 0 Å². The van der Waals surface area contributed by atoms with E-state index in [4.69, 9.17) is 5.14 Å². The Hall–Kier alpha value is -2.69. The van der Waals surface area contributed by atoms with Crippen LogP contribution in [0.2, 0.25) is 0 Å². The molecule has 1 fully saturated rings. The Kier molecular flexibility index (Phi) is 4.93. The topological polar surface area (TPSA) is 109 Å². The number of piperidine rings is 1. The summed E-state index contributed by atoms with van der Waals surface area (Å²) in [5.41, 5.74) is -0.302. The number of benzene rings is 1. The molecule has 4 rings (SSSR count). The van der Waals surface area contributed by atoms with Gasteiger partial charge in [-0.3, -0.25) is 4.79 Å². The number of halogens is 2. The van der Waals surface area contributed by atoms with Crippen LogP contribution in [0.15, 0.2) is 36.7 Å². The molecule has 3 aromatic rings. The summed E-state index contributed by atoms with van der Waals surface area (Å²) in [6.45, 7) is 0.137. The first-order chi connectivity index (χ1) is 13.8. The molecule has 2 aromatic heterocycles. The van der Waals surface area contributed by atoms with Crippen LogP contribution in [-0.2, 0) is 10.2 Å². The van der Waals surface area contributed by atoms with Gasteiger partial charge < -0.3 is 4.98 Å². The van der Waals surface area contributed by atoms with Crippen LogP contribution in [-0.4, -0.2) is 35.0 Å². The quantitative estimate of drug-likeness (QED) is 0.633. The average molecular weight is 420 g/mol. The number of hydrogen-bond donors (Lipinski definition) is 2. The molecule has 1 aliphatic heterocycles. The Morgan fingerprint density at radius 2 is 2.03 bits per heavy atom. The van der Waals surface area contributed by atoms with Crippen molar-refractivity contribution in [2.45, 2.75) is 25.3 Å². The van der Waals surface area contributed by atoms with E-state index in [1.165, 1.54) is 18.5 Å². The number of carbonyl (C=O) groups is 1. The Balaban J connectivity index is 1.82. The molecule has 0 radical (unpaired) electrons. The van der Waals surface area contributed by atoms with Crippen LogP contribution in [0.1, 0.15) is 46.8 Å². The highest BCUT2D eigenvalue weighted by atomic mass is 32.2. The Morgan fingerprint density at radius 1 is 1.24 bits per heavy atom. The largest absolute Gasteiger partial charge is 0.345 e. The first-order valence-corrected chi connectivity index (χ1v) is 10.5. The molecule has 0 spiro atoms. The second-order valence-corrected chi connectivity index (χ2v) is 8.42. The van der Waals surface area contributed by atoms with E-state index in [9.17, 15) is 17.6 Å². The Morgan fingerprint density at radius 3 is 2.79 bits per heavy atom. The van der Waals surface area contributed by atoms with Crippen molar-refractivity contribution in [1.82, 2.24) is 14.3 Å². The zero-order valence-corrected chi connectivity index (χ0v) is 16.0. The molecule has 1 saturated heterocycles. The zero-order chi connectivity index (χ0) is 20.8. The van der Waals surface area contributed by atoms with Crippen LogP contribution in [0, 0.1) is 11.6 Å². The maximum Gasteiger partial charge on any atom is 0.277 e. The van der Waals surface area contributed by atoms with E-state index in [2.05, 4.69) is 9.97 Å². The van der Waals surface area contributed by atoms with E-state index < -0.39 is 39.2 Å². The minimum absolute atomic E-state index is 0.0681. The normalized spacial score (nSPS) is 18.2. The summed E-state index contributed by atoms with van der Waals surface area (Å²) < 4.78 is 54.8. The van der Waals surface area contributed by atoms with Crippen molar-refractivity contribution < 1.29 is 22.0 Å². The van der Waals surface area contributed by atoms with Crippen molar-refractivity contribution in [3.63, 3.8) is 0 Å². The van der Waals surface area contributed by atoms with Crippen molar-refractivity contribution in [3.8, 4) is 0 Å². The molecule has 1 aliphatic rings. The van der Waals surface area contributed by atoms with Gasteiger partial charge in [0.05, 0.1) is 11.6 Å². The molecule has 152 valence electrons. The standard InChI is InChI=1S/C19H18F2N4O3S/c20-14-7-6-12(15-5-1-2-9-25(15)29(22,27)28)17(21)16(14)18(26)13-10-24-19-11(13)4-3-8-23-19/h3-4,6-8,10,15H,1-2,5,9H2,(H,23,24)(H2,22,27,28). The van der Waals surface area contributed by atoms with Crippen LogP contribution in [0.5, 0.6) is 0 Å². The maximum atomic E-state index is 15.4. The number of nitrogens with two attached hydrogens (primary N) is 1. The van der Waals surface area contributed by atoms with E-state index in [-0.39, 0.29) is 17.7 Å². The number of hydrogen-bond acceptors (Lipinski definition) is 4. The molecule has 0 saturated carbocycles. The van der Waals surface area contributed by atoms with Gasteiger partial charge in [-0.2, -0.15) is 12.7 Å². The predicted octanol–water partition coefficient (Wildman–Crippen LogP) is 2.80. The molecule has 0 bridgehead atoms. The lowest BCUT2D eigenvalue weighted by Crippen LogP contribution is -2.42. The first kappa shape index (κ1) is 19.6. The van der Waals surface area contributed by atoms with Crippen molar-refractivity contribution in [3.05, 3.63) is 65.0 Å². The summed E-state index contributed by atoms with van der Waals surface area (Å²) in [5, 5.41) is 5.71. The third kappa shape index (κ3) is 3.43. The number of aromatic amines is 1. The molecule has 1 aromatic carbocycles. The third-order valence-electron chi connectivity index (χ3n) is 5.18. The molecule has 7 nitrogen and oxygen atoms in total. The number of pyridine rings is 1. The van der Waals surface area contributed by atoms with Gasteiger partial charge in [0.25, 0.3) is 10.2 Å². The lowest BCUT2D eigenvalue weighted by Gasteiger charge is -2.33. The molecule has 10 heteroatoms. The highest BCUT2D eigenvalue weighted by Gasteiger charge is 2.35. The van der Waals surface area contributed by atoms with Crippen molar-refractivity contribution in [2.24, 2.45) is 5.14 Å². The predicted molar refractivity (Wildman–Crippen MR) is 102 cm³/mol. The summed E-state index contributed by atoms with van der Waals surface area (Å²) in [5.74, 6) is -2.94. The zero-order valence-electron chi connectivity index (χ0n) is 15.2. The maximum absolute atomic E-state index is 15.4. The van der Waals surface area contributed by atoms with Gasteiger partial charge in [0.1, 0.15) is 17.3 Å². The van der Waals surface area contributed by atoms with Gasteiger partial charge in [-0.1, -0.05) is 12.5 Å². The Bertz CT molecular complexity index is 1210. The highest BCUT2D eigenvalue weighted by Crippen LogP contribution is 2.36. The third-order valence-corrected chi connectivity index (χ3v) is 6.27. The van der Waals surface area contributed by atoms with Gasteiger partial charge >= 0.3 is 0 Å². The minimum atomic E-state index is -4.08. The molecule has 29 heavy (non-hydrogen) atoms. The number of H-pyrrole nitrogens is 1. The van der Waals surface area contributed by atoms with Crippen molar-refractivity contribution in [1.29, 1.82) is 0 Å². The van der Waals surface area contributed by atoms with Crippen molar-refractivity contribution in [2.75, 3.05) is 6.54 Å². The Labute approximate surface area is 165 Å². The van der Waals surface area contributed by atoms with E-state index in [0.717, 1.165) is 10.4 Å². The van der Waals surface area contributed by atoms with E-state index in [0.29, 0.717) is 30.3 Å². The van der Waals surface area contributed by atoms with Gasteiger partial charge in [0, 0.05) is 35.5 Å². The number of fused-ring (bicyclic) bond motifs is 1. The summed E-state index contributed by atoms with van der Waals surface area (Å²) in [6, 6.07) is 4.49. The molecule has 3 N–H and O–H groups in total. The summed E-state index contributed by atoms with van der Waals surface area (Å²) in [7, 11) is -4.08. The summed E-state index contributed by atoms with van der Waals surface area (Å²) in [4.78, 5) is 19.9. The number of nitrogens with zero attached hydrogens (tertiary/aromatic N) is 2. The van der Waals surface area contributed by atoms with Gasteiger partial charge in [-0.15, -0.1) is 0 Å². The molecule has 0 aliphatic carbocycles. The van der Waals surface area contributed by atoms with E-state index in [1.807, 2.05) is 0 Å². The van der Waals surface area contributed by atoms with Crippen LogP contribution in [0.3, 0.4) is 0 Å². The molecule has 0 amide bonds. The molecule has 1 atom stereocenters. The number of ketones is 1. The minimum Gasteiger partial charge on any atom is -0.345 e. The van der Waals surface area contributed by atoms with Gasteiger partial charge in [-0.05, 0) is 31.0 Å².